The molecule has 4 nitrogen and oxygen atoms in total. The number of methoxy groups -OCH3 is 1. The van der Waals surface area contributed by atoms with E-state index >= 15 is 0 Å². The smallest absolute Gasteiger partial charge is 0.172 e. The Kier molecular flexibility index (Phi) is 3.06. The number of hydrogen-bond donors (Lipinski definition) is 2. The molecule has 0 radical (unpaired) electrons. The van der Waals surface area contributed by atoms with Crippen molar-refractivity contribution in [3.05, 3.63) is 0 Å². The van der Waals surface area contributed by atoms with Gasteiger partial charge in [-0.2, -0.15) is 0 Å². The average Bonchev–Trinajstić information content (AvgIpc) is 2.08. The van der Waals surface area contributed by atoms with Crippen LogP contribution in [-0.4, -0.2) is 31.6 Å². The summed E-state index contributed by atoms with van der Waals surface area (Å²) in [7, 11) is 1.60. The van der Waals surface area contributed by atoms with Crippen LogP contribution in [0.2, 0.25) is 0 Å². The molecule has 1 saturated heterocycles. The molecule has 0 bridgehead atoms. The molecule has 72 valence electrons. The monoisotopic (exact) mass is 174 g/mol. The summed E-state index contributed by atoms with van der Waals surface area (Å²) in [4.78, 5) is 0. The zero-order chi connectivity index (χ0) is 9.30. The van der Waals surface area contributed by atoms with Crippen molar-refractivity contribution in [1.29, 1.82) is 0 Å². The second-order valence-electron chi connectivity index (χ2n) is 3.46. The van der Waals surface area contributed by atoms with Crippen LogP contribution in [0, 0.1) is 5.92 Å². The van der Waals surface area contributed by atoms with Gasteiger partial charge in [-0.1, -0.05) is 6.92 Å². The maximum Gasteiger partial charge on any atom is 0.172 e. The fourth-order valence-corrected chi connectivity index (χ4v) is 1.54. The summed E-state index contributed by atoms with van der Waals surface area (Å²) in [5, 5.41) is 0. The van der Waals surface area contributed by atoms with Gasteiger partial charge in [-0.25, -0.2) is 0 Å². The quantitative estimate of drug-likeness (QED) is 0.571. The summed E-state index contributed by atoms with van der Waals surface area (Å²) < 4.78 is 10.5. The molecule has 4 heteroatoms. The first kappa shape index (κ1) is 9.92. The van der Waals surface area contributed by atoms with Crippen LogP contribution in [-0.2, 0) is 9.47 Å². The molecule has 1 fully saturated rings. The lowest BCUT2D eigenvalue weighted by atomic mass is 9.88. The molecule has 5 atom stereocenters. The molecule has 1 aliphatic heterocycles. The topological polar surface area (TPSA) is 70.5 Å². The van der Waals surface area contributed by atoms with Gasteiger partial charge in [0.2, 0.25) is 0 Å². The lowest BCUT2D eigenvalue weighted by Gasteiger charge is -2.40. The lowest BCUT2D eigenvalue weighted by molar-refractivity contribution is -0.202. The Labute approximate surface area is 73.2 Å². The summed E-state index contributed by atoms with van der Waals surface area (Å²) >= 11 is 0. The van der Waals surface area contributed by atoms with Crippen molar-refractivity contribution < 1.29 is 9.47 Å². The first-order valence-corrected chi connectivity index (χ1v) is 4.27. The van der Waals surface area contributed by atoms with Crippen LogP contribution >= 0.6 is 0 Å². The Hall–Kier alpha value is -0.160. The van der Waals surface area contributed by atoms with E-state index < -0.39 is 0 Å². The molecule has 0 aromatic heterocycles. The maximum absolute atomic E-state index is 5.87. The normalized spacial score (nSPS) is 49.2. The number of rotatable bonds is 1. The van der Waals surface area contributed by atoms with Gasteiger partial charge in [0, 0.05) is 13.2 Å². The molecule has 4 unspecified atom stereocenters. The summed E-state index contributed by atoms with van der Waals surface area (Å²) in [6.07, 6.45) is -0.292. The van der Waals surface area contributed by atoms with Crippen molar-refractivity contribution in [2.45, 2.75) is 38.3 Å². The van der Waals surface area contributed by atoms with E-state index in [-0.39, 0.29) is 30.4 Å². The molecule has 1 rings (SSSR count). The van der Waals surface area contributed by atoms with E-state index in [1.165, 1.54) is 0 Å². The Morgan fingerprint density at radius 1 is 1.17 bits per heavy atom. The van der Waals surface area contributed by atoms with Gasteiger partial charge in [-0.15, -0.1) is 0 Å². The van der Waals surface area contributed by atoms with Crippen LogP contribution in [0.15, 0.2) is 0 Å². The molecular formula is C8H18N2O2. The highest BCUT2D eigenvalue weighted by Crippen LogP contribution is 2.22. The van der Waals surface area contributed by atoms with Gasteiger partial charge in [-0.05, 0) is 12.8 Å². The lowest BCUT2D eigenvalue weighted by Crippen LogP contribution is -2.59. The second kappa shape index (κ2) is 3.70. The minimum absolute atomic E-state index is 0.00593. The predicted octanol–water partition coefficient (Wildman–Crippen LogP) is -0.332. The van der Waals surface area contributed by atoms with Crippen molar-refractivity contribution >= 4 is 0 Å². The maximum atomic E-state index is 5.87. The van der Waals surface area contributed by atoms with Gasteiger partial charge in [-0.3, -0.25) is 0 Å². The summed E-state index contributed by atoms with van der Waals surface area (Å²) in [6.45, 7) is 3.97. The van der Waals surface area contributed by atoms with Crippen LogP contribution in [0.25, 0.3) is 0 Å². The van der Waals surface area contributed by atoms with Crippen LogP contribution in [0.3, 0.4) is 0 Å². The highest BCUT2D eigenvalue weighted by atomic mass is 16.7. The number of ether oxygens (including phenoxy) is 2. The summed E-state index contributed by atoms with van der Waals surface area (Å²) in [5.74, 6) is 0.235. The van der Waals surface area contributed by atoms with E-state index in [2.05, 4.69) is 0 Å². The summed E-state index contributed by atoms with van der Waals surface area (Å²) in [5.41, 5.74) is 11.7. The van der Waals surface area contributed by atoms with Crippen molar-refractivity contribution in [2.24, 2.45) is 17.4 Å². The largest absolute Gasteiger partial charge is 0.354 e. The van der Waals surface area contributed by atoms with Gasteiger partial charge >= 0.3 is 0 Å². The van der Waals surface area contributed by atoms with E-state index in [1.807, 2.05) is 13.8 Å². The third kappa shape index (κ3) is 1.61. The first-order chi connectivity index (χ1) is 5.57. The Morgan fingerprint density at radius 2 is 1.75 bits per heavy atom. The average molecular weight is 174 g/mol. The highest BCUT2D eigenvalue weighted by molar-refractivity contribution is 4.89. The van der Waals surface area contributed by atoms with Crippen molar-refractivity contribution in [3.63, 3.8) is 0 Å². The third-order valence-corrected chi connectivity index (χ3v) is 2.65. The van der Waals surface area contributed by atoms with Crippen LogP contribution in [0.1, 0.15) is 13.8 Å². The van der Waals surface area contributed by atoms with E-state index in [1.54, 1.807) is 7.11 Å². The Balaban J connectivity index is 2.63. The molecule has 0 aromatic rings. The second-order valence-corrected chi connectivity index (χ2v) is 3.46. The number of hydrogen-bond acceptors (Lipinski definition) is 4. The fraction of sp³-hybridized carbons (Fsp3) is 1.00. The van der Waals surface area contributed by atoms with Crippen molar-refractivity contribution in [3.8, 4) is 0 Å². The third-order valence-electron chi connectivity index (χ3n) is 2.65. The van der Waals surface area contributed by atoms with Gasteiger partial charge in [0.05, 0.1) is 12.1 Å². The Morgan fingerprint density at radius 3 is 2.25 bits per heavy atom. The molecule has 0 amide bonds. The zero-order valence-electron chi connectivity index (χ0n) is 7.86. The molecule has 4 N–H and O–H groups in total. The van der Waals surface area contributed by atoms with E-state index in [9.17, 15) is 0 Å². The first-order valence-electron chi connectivity index (χ1n) is 4.27. The molecule has 0 aliphatic carbocycles. The van der Waals surface area contributed by atoms with E-state index in [0.717, 1.165) is 0 Å². The molecular weight excluding hydrogens is 156 g/mol. The molecule has 0 aromatic carbocycles. The van der Waals surface area contributed by atoms with Crippen LogP contribution in [0.4, 0.5) is 0 Å². The standard InChI is InChI=1S/C8H18N2O2/c1-4-6(9)5(2)12-8(11-3)7(4)10/h4-8H,9-10H2,1-3H3/t4?,5?,6?,7?,8-/m1/s1. The van der Waals surface area contributed by atoms with Gasteiger partial charge < -0.3 is 20.9 Å². The van der Waals surface area contributed by atoms with Crippen LogP contribution < -0.4 is 11.5 Å². The molecule has 0 saturated carbocycles. The molecule has 1 aliphatic rings. The van der Waals surface area contributed by atoms with Crippen molar-refractivity contribution in [2.75, 3.05) is 7.11 Å². The number of nitrogens with two attached hydrogens (primary N) is 2. The van der Waals surface area contributed by atoms with Gasteiger partial charge in [0.15, 0.2) is 6.29 Å². The minimum Gasteiger partial charge on any atom is -0.354 e. The minimum atomic E-state index is -0.310. The fourth-order valence-electron chi connectivity index (χ4n) is 1.54. The SMILES string of the molecule is CO[C@@H]1OC(C)C(N)C(C)C1N. The zero-order valence-corrected chi connectivity index (χ0v) is 7.86. The van der Waals surface area contributed by atoms with Crippen molar-refractivity contribution in [1.82, 2.24) is 0 Å². The predicted molar refractivity (Wildman–Crippen MR) is 46.5 cm³/mol. The van der Waals surface area contributed by atoms with Gasteiger partial charge in [0.25, 0.3) is 0 Å². The Bertz CT molecular complexity index is 149. The highest BCUT2D eigenvalue weighted by Gasteiger charge is 2.37. The summed E-state index contributed by atoms with van der Waals surface area (Å²) in [6, 6.07) is -0.118. The molecule has 0 spiro atoms. The van der Waals surface area contributed by atoms with Crippen LogP contribution in [0.5, 0.6) is 0 Å². The molecule has 1 heterocycles. The van der Waals surface area contributed by atoms with Gasteiger partial charge in [0.1, 0.15) is 0 Å². The molecule has 12 heavy (non-hydrogen) atoms. The van der Waals surface area contributed by atoms with E-state index in [4.69, 9.17) is 20.9 Å². The van der Waals surface area contributed by atoms with E-state index in [0.29, 0.717) is 0 Å².